The van der Waals surface area contributed by atoms with Crippen LogP contribution in [0.5, 0.6) is 11.5 Å². The van der Waals surface area contributed by atoms with Gasteiger partial charge in [0.1, 0.15) is 0 Å². The Morgan fingerprint density at radius 2 is 2.21 bits per heavy atom. The maximum Gasteiger partial charge on any atom is 0.216 e. The van der Waals surface area contributed by atoms with Gasteiger partial charge in [0.2, 0.25) is 4.77 Å². The first-order valence-corrected chi connectivity index (χ1v) is 8.78. The summed E-state index contributed by atoms with van der Waals surface area (Å²) in [4.78, 5) is 0. The van der Waals surface area contributed by atoms with Gasteiger partial charge in [0.15, 0.2) is 17.3 Å². The van der Waals surface area contributed by atoms with Gasteiger partial charge in [0, 0.05) is 11.5 Å². The topological polar surface area (TPSA) is 75.4 Å². The fraction of sp³-hybridized carbons (Fsp3) is 0.471. The standard InChI is InChI=1S/C17H22N4O2S/c1-2-23-14-10-6-9-13(15(14)22)11-18-21-16(19-20-17(21)24)12-7-4-3-5-8-12/h6,9-12,22H,2-5,7-8H2,1H3,(H,20,24). The minimum atomic E-state index is 0.0809. The minimum absolute atomic E-state index is 0.0809. The van der Waals surface area contributed by atoms with Gasteiger partial charge in [-0.25, -0.2) is 0 Å². The van der Waals surface area contributed by atoms with Crippen molar-refractivity contribution in [1.29, 1.82) is 0 Å². The van der Waals surface area contributed by atoms with Crippen LogP contribution in [0.4, 0.5) is 0 Å². The predicted octanol–water partition coefficient (Wildman–Crippen LogP) is 3.97. The second kappa shape index (κ2) is 7.61. The van der Waals surface area contributed by atoms with E-state index in [1.54, 1.807) is 23.0 Å². The molecule has 1 saturated carbocycles. The summed E-state index contributed by atoms with van der Waals surface area (Å²) in [7, 11) is 0. The van der Waals surface area contributed by atoms with E-state index in [0.717, 1.165) is 18.7 Å². The fourth-order valence-electron chi connectivity index (χ4n) is 3.08. The summed E-state index contributed by atoms with van der Waals surface area (Å²) >= 11 is 5.30. The summed E-state index contributed by atoms with van der Waals surface area (Å²) in [5.74, 6) is 1.78. The molecule has 0 bridgehead atoms. The zero-order chi connectivity index (χ0) is 16.9. The van der Waals surface area contributed by atoms with Crippen molar-refractivity contribution in [2.24, 2.45) is 5.10 Å². The van der Waals surface area contributed by atoms with E-state index < -0.39 is 0 Å². The number of nitrogens with one attached hydrogen (secondary N) is 1. The van der Waals surface area contributed by atoms with Gasteiger partial charge in [-0.2, -0.15) is 14.9 Å². The Labute approximate surface area is 146 Å². The third kappa shape index (κ3) is 3.51. The fourth-order valence-corrected chi connectivity index (χ4v) is 3.26. The summed E-state index contributed by atoms with van der Waals surface area (Å²) in [5, 5.41) is 21.9. The monoisotopic (exact) mass is 346 g/mol. The van der Waals surface area contributed by atoms with Crippen LogP contribution in [0.25, 0.3) is 0 Å². The van der Waals surface area contributed by atoms with Crippen molar-refractivity contribution >= 4 is 18.4 Å². The second-order valence-corrected chi connectivity index (χ2v) is 6.29. The smallest absolute Gasteiger partial charge is 0.216 e. The lowest BCUT2D eigenvalue weighted by molar-refractivity contribution is 0.318. The molecule has 1 aliphatic rings. The number of rotatable bonds is 5. The van der Waals surface area contributed by atoms with E-state index in [1.807, 2.05) is 13.0 Å². The van der Waals surface area contributed by atoms with Gasteiger partial charge in [-0.15, -0.1) is 0 Å². The highest BCUT2D eigenvalue weighted by atomic mass is 32.1. The van der Waals surface area contributed by atoms with Crippen LogP contribution >= 0.6 is 12.2 Å². The van der Waals surface area contributed by atoms with Crippen molar-refractivity contribution in [3.8, 4) is 11.5 Å². The van der Waals surface area contributed by atoms with Crippen molar-refractivity contribution < 1.29 is 9.84 Å². The number of hydrogen-bond acceptors (Lipinski definition) is 5. The highest BCUT2D eigenvalue weighted by Crippen LogP contribution is 2.32. The molecule has 0 saturated heterocycles. The predicted molar refractivity (Wildman–Crippen MR) is 95.5 cm³/mol. The van der Waals surface area contributed by atoms with E-state index in [2.05, 4.69) is 15.3 Å². The molecule has 7 heteroatoms. The minimum Gasteiger partial charge on any atom is -0.504 e. The lowest BCUT2D eigenvalue weighted by atomic mass is 9.89. The van der Waals surface area contributed by atoms with Crippen LogP contribution in [0.2, 0.25) is 0 Å². The zero-order valence-electron chi connectivity index (χ0n) is 13.7. The molecular formula is C17H22N4O2S. The summed E-state index contributed by atoms with van der Waals surface area (Å²) in [5.41, 5.74) is 0.582. The molecule has 0 unspecified atom stereocenters. The van der Waals surface area contributed by atoms with E-state index in [-0.39, 0.29) is 5.75 Å². The molecule has 6 nitrogen and oxygen atoms in total. The summed E-state index contributed by atoms with van der Waals surface area (Å²) in [6.45, 7) is 2.37. The number of phenols is 1. The van der Waals surface area contributed by atoms with Gasteiger partial charge in [-0.05, 0) is 44.1 Å². The lowest BCUT2D eigenvalue weighted by Gasteiger charge is -2.19. The first kappa shape index (κ1) is 16.7. The van der Waals surface area contributed by atoms with Gasteiger partial charge in [0.25, 0.3) is 0 Å². The van der Waals surface area contributed by atoms with E-state index in [9.17, 15) is 5.11 Å². The summed E-state index contributed by atoms with van der Waals surface area (Å²) in [6.07, 6.45) is 7.52. The Morgan fingerprint density at radius 1 is 1.42 bits per heavy atom. The number of H-pyrrole nitrogens is 1. The lowest BCUT2D eigenvalue weighted by Crippen LogP contribution is -2.10. The number of phenolic OH excluding ortho intramolecular Hbond substituents is 1. The highest BCUT2D eigenvalue weighted by Gasteiger charge is 2.21. The third-order valence-corrected chi connectivity index (χ3v) is 4.55. The highest BCUT2D eigenvalue weighted by molar-refractivity contribution is 7.71. The van der Waals surface area contributed by atoms with Crippen LogP contribution in [0.15, 0.2) is 23.3 Å². The van der Waals surface area contributed by atoms with Crippen LogP contribution in [0.3, 0.4) is 0 Å². The van der Waals surface area contributed by atoms with Crippen LogP contribution in [-0.4, -0.2) is 32.8 Å². The summed E-state index contributed by atoms with van der Waals surface area (Å²) in [6, 6.07) is 5.33. The SMILES string of the molecule is CCOc1cccc(C=Nn2c(C3CCCCC3)n[nH]c2=S)c1O. The number of para-hydroxylation sites is 1. The average molecular weight is 346 g/mol. The van der Waals surface area contributed by atoms with E-state index in [4.69, 9.17) is 17.0 Å². The van der Waals surface area contributed by atoms with Gasteiger partial charge in [-0.1, -0.05) is 25.3 Å². The Balaban J connectivity index is 1.89. The van der Waals surface area contributed by atoms with Crippen molar-refractivity contribution in [3.63, 3.8) is 0 Å². The quantitative estimate of drug-likeness (QED) is 0.634. The number of benzene rings is 1. The Bertz CT molecular complexity index is 775. The van der Waals surface area contributed by atoms with Crippen LogP contribution in [0.1, 0.15) is 56.3 Å². The molecule has 2 aromatic rings. The molecule has 0 radical (unpaired) electrons. The molecule has 1 fully saturated rings. The molecule has 2 N–H and O–H groups in total. The number of hydrogen-bond donors (Lipinski definition) is 2. The normalized spacial score (nSPS) is 15.9. The molecule has 1 heterocycles. The molecule has 1 aromatic heterocycles. The Hall–Kier alpha value is -2.15. The molecule has 0 aliphatic heterocycles. The Morgan fingerprint density at radius 3 is 2.96 bits per heavy atom. The van der Waals surface area contributed by atoms with Gasteiger partial charge in [-0.3, -0.25) is 5.10 Å². The number of ether oxygens (including phenoxy) is 1. The van der Waals surface area contributed by atoms with Gasteiger partial charge >= 0.3 is 0 Å². The van der Waals surface area contributed by atoms with E-state index >= 15 is 0 Å². The molecule has 1 aromatic carbocycles. The first-order valence-electron chi connectivity index (χ1n) is 8.37. The van der Waals surface area contributed by atoms with Crippen LogP contribution < -0.4 is 4.74 Å². The molecule has 3 rings (SSSR count). The van der Waals surface area contributed by atoms with Crippen LogP contribution in [-0.2, 0) is 0 Å². The van der Waals surface area contributed by atoms with Crippen molar-refractivity contribution in [2.45, 2.75) is 44.9 Å². The average Bonchev–Trinajstić information content (AvgIpc) is 2.97. The summed E-state index contributed by atoms with van der Waals surface area (Å²) < 4.78 is 7.53. The van der Waals surface area contributed by atoms with Gasteiger partial charge < -0.3 is 9.84 Å². The molecule has 24 heavy (non-hydrogen) atoms. The Kier molecular flexibility index (Phi) is 5.30. The number of aromatic hydroxyl groups is 1. The zero-order valence-corrected chi connectivity index (χ0v) is 14.6. The first-order chi connectivity index (χ1) is 11.7. The molecule has 0 amide bonds. The number of aromatic amines is 1. The van der Waals surface area contributed by atoms with Crippen molar-refractivity contribution in [2.75, 3.05) is 6.61 Å². The van der Waals surface area contributed by atoms with Crippen LogP contribution in [0, 0.1) is 4.77 Å². The maximum atomic E-state index is 10.3. The largest absolute Gasteiger partial charge is 0.504 e. The molecule has 0 spiro atoms. The van der Waals surface area contributed by atoms with E-state index in [0.29, 0.717) is 28.6 Å². The van der Waals surface area contributed by atoms with Gasteiger partial charge in [0.05, 0.1) is 12.8 Å². The van der Waals surface area contributed by atoms with Crippen molar-refractivity contribution in [3.05, 3.63) is 34.4 Å². The van der Waals surface area contributed by atoms with E-state index in [1.165, 1.54) is 19.3 Å². The third-order valence-electron chi connectivity index (χ3n) is 4.29. The molecule has 1 aliphatic carbocycles. The maximum absolute atomic E-state index is 10.3. The number of nitrogens with zero attached hydrogens (tertiary/aromatic N) is 3. The molecule has 0 atom stereocenters. The molecule has 128 valence electrons. The number of aromatic nitrogens is 3. The second-order valence-electron chi connectivity index (χ2n) is 5.91. The van der Waals surface area contributed by atoms with Crippen molar-refractivity contribution in [1.82, 2.24) is 14.9 Å². The molecular weight excluding hydrogens is 324 g/mol.